The molecule has 8 heteroatoms. The first kappa shape index (κ1) is 23.6. The molecule has 0 fully saturated rings. The van der Waals surface area contributed by atoms with Crippen LogP contribution in [0.5, 0.6) is 5.75 Å². The fraction of sp³-hybridized carbons (Fsp3) is 0.360. The first-order valence-corrected chi connectivity index (χ1v) is 11.7. The number of hydrogen-bond acceptors (Lipinski definition) is 4. The lowest BCUT2D eigenvalue weighted by Crippen LogP contribution is -2.30. The summed E-state index contributed by atoms with van der Waals surface area (Å²) in [6.45, 7) is 7.40. The van der Waals surface area contributed by atoms with Crippen molar-refractivity contribution < 1.29 is 9.53 Å². The quantitative estimate of drug-likeness (QED) is 0.455. The van der Waals surface area contributed by atoms with Gasteiger partial charge < -0.3 is 9.64 Å². The van der Waals surface area contributed by atoms with Crippen molar-refractivity contribution in [1.29, 1.82) is 0 Å². The van der Waals surface area contributed by atoms with Crippen LogP contribution in [-0.4, -0.2) is 48.3 Å². The number of benzene rings is 2. The Kier molecular flexibility index (Phi) is 6.71. The highest BCUT2D eigenvalue weighted by Gasteiger charge is 2.45. The van der Waals surface area contributed by atoms with Gasteiger partial charge in [-0.05, 0) is 68.4 Å². The first-order chi connectivity index (χ1) is 15.7. The second kappa shape index (κ2) is 9.37. The smallest absolute Gasteiger partial charge is 0.280 e. The van der Waals surface area contributed by atoms with Gasteiger partial charge >= 0.3 is 0 Å². The summed E-state index contributed by atoms with van der Waals surface area (Å²) in [6.07, 6.45) is 0. The molecule has 0 radical (unpaired) electrons. The lowest BCUT2D eigenvalue weighted by atomic mass is 9.92. The van der Waals surface area contributed by atoms with Crippen LogP contribution in [0.2, 0.25) is 10.0 Å². The van der Waals surface area contributed by atoms with Crippen LogP contribution < -0.4 is 9.64 Å². The van der Waals surface area contributed by atoms with Crippen LogP contribution in [0.25, 0.3) is 0 Å². The third-order valence-corrected chi connectivity index (χ3v) is 6.34. The Bertz CT molecular complexity index is 1190. The molecule has 2 heterocycles. The summed E-state index contributed by atoms with van der Waals surface area (Å²) in [5.74, 6) is 0.581. The first-order valence-electron chi connectivity index (χ1n) is 10.9. The van der Waals surface area contributed by atoms with Crippen molar-refractivity contribution in [2.75, 3.05) is 32.1 Å². The van der Waals surface area contributed by atoms with Crippen molar-refractivity contribution in [1.82, 2.24) is 15.1 Å². The molecule has 3 aromatic rings. The summed E-state index contributed by atoms with van der Waals surface area (Å²) in [5.41, 5.74) is 4.85. The molecule has 4 rings (SSSR count). The summed E-state index contributed by atoms with van der Waals surface area (Å²) in [6, 6.07) is 10.7. The number of aromatic amines is 1. The Labute approximate surface area is 204 Å². The molecule has 1 amide bonds. The van der Waals surface area contributed by atoms with E-state index in [0.717, 1.165) is 28.9 Å². The van der Waals surface area contributed by atoms with Crippen molar-refractivity contribution >= 4 is 34.8 Å². The number of aromatic nitrogens is 2. The predicted octanol–water partition coefficient (Wildman–Crippen LogP) is 5.84. The minimum absolute atomic E-state index is 0.166. The zero-order chi connectivity index (χ0) is 23.9. The summed E-state index contributed by atoms with van der Waals surface area (Å²) >= 11 is 12.7. The highest BCUT2D eigenvalue weighted by atomic mass is 35.5. The van der Waals surface area contributed by atoms with E-state index in [1.165, 1.54) is 0 Å². The molecular formula is C25H28Cl2N4O2. The van der Waals surface area contributed by atoms with Gasteiger partial charge in [-0.3, -0.25) is 14.8 Å². The van der Waals surface area contributed by atoms with E-state index in [2.05, 4.69) is 24.0 Å². The molecule has 174 valence electrons. The normalized spacial score (nSPS) is 15.6. The number of anilines is 1. The molecule has 1 aromatic heterocycles. The second-order valence-corrected chi connectivity index (χ2v) is 9.77. The van der Waals surface area contributed by atoms with Crippen LogP contribution in [0.15, 0.2) is 36.4 Å². The summed E-state index contributed by atoms with van der Waals surface area (Å²) in [7, 11) is 3.98. The average molecular weight is 487 g/mol. The number of amides is 1. The zero-order valence-corrected chi connectivity index (χ0v) is 21.0. The molecule has 1 atom stereocenters. The van der Waals surface area contributed by atoms with Crippen molar-refractivity contribution in [3.05, 3.63) is 74.5 Å². The van der Waals surface area contributed by atoms with E-state index >= 15 is 0 Å². The van der Waals surface area contributed by atoms with Gasteiger partial charge in [0.05, 0.1) is 11.7 Å². The number of carbonyl (C=O) groups excluding carboxylic acids is 1. The lowest BCUT2D eigenvalue weighted by Gasteiger charge is -2.29. The maximum Gasteiger partial charge on any atom is 0.280 e. The average Bonchev–Trinajstić information content (AvgIpc) is 3.28. The molecule has 1 N–H and O–H groups in total. The fourth-order valence-electron chi connectivity index (χ4n) is 4.23. The fourth-order valence-corrected chi connectivity index (χ4v) is 4.63. The van der Waals surface area contributed by atoms with Crippen LogP contribution in [0.1, 0.15) is 58.7 Å². The number of nitrogens with one attached hydrogen (secondary N) is 1. The molecule has 0 aliphatic carbocycles. The molecule has 0 spiro atoms. The number of aryl methyl sites for hydroxylation is 1. The predicted molar refractivity (Wildman–Crippen MR) is 133 cm³/mol. The number of hydrogen-bond donors (Lipinski definition) is 1. The van der Waals surface area contributed by atoms with Gasteiger partial charge in [-0.25, -0.2) is 0 Å². The topological polar surface area (TPSA) is 61.5 Å². The molecule has 0 saturated carbocycles. The minimum atomic E-state index is -0.379. The van der Waals surface area contributed by atoms with E-state index in [1.54, 1.807) is 17.0 Å². The monoisotopic (exact) mass is 486 g/mol. The van der Waals surface area contributed by atoms with Gasteiger partial charge in [0.1, 0.15) is 12.4 Å². The van der Waals surface area contributed by atoms with Crippen molar-refractivity contribution in [2.45, 2.75) is 32.7 Å². The third kappa shape index (κ3) is 4.47. The summed E-state index contributed by atoms with van der Waals surface area (Å²) < 4.78 is 6.11. The number of ether oxygens (including phenoxy) is 1. The number of nitrogens with zero attached hydrogens (tertiary/aromatic N) is 3. The lowest BCUT2D eigenvalue weighted by molar-refractivity contribution is 0.0987. The van der Waals surface area contributed by atoms with E-state index < -0.39 is 0 Å². The molecular weight excluding hydrogens is 459 g/mol. The SMILES string of the molecule is Cc1cc(Cl)ccc1C1c2c(n[nH]c2C(C)C)C(=O)N1c1cc(Cl)ccc1OCCN(C)C. The number of fused-ring (bicyclic) bond motifs is 1. The summed E-state index contributed by atoms with van der Waals surface area (Å²) in [5, 5.41) is 8.69. The third-order valence-electron chi connectivity index (χ3n) is 5.87. The maximum atomic E-state index is 13.8. The van der Waals surface area contributed by atoms with Crippen molar-refractivity contribution in [3.63, 3.8) is 0 Å². The van der Waals surface area contributed by atoms with E-state index in [9.17, 15) is 4.79 Å². The maximum absolute atomic E-state index is 13.8. The Hall–Kier alpha value is -2.54. The highest BCUT2D eigenvalue weighted by molar-refractivity contribution is 6.31. The van der Waals surface area contributed by atoms with Crippen LogP contribution in [0, 0.1) is 6.92 Å². The van der Waals surface area contributed by atoms with Gasteiger partial charge in [-0.15, -0.1) is 0 Å². The van der Waals surface area contributed by atoms with Crippen LogP contribution >= 0.6 is 23.2 Å². The van der Waals surface area contributed by atoms with Gasteiger partial charge in [0, 0.05) is 27.8 Å². The number of rotatable bonds is 7. The molecule has 1 aliphatic rings. The molecule has 2 aromatic carbocycles. The standard InChI is InChI=1S/C25H28Cl2N4O2/c1-14(2)22-21-23(29-28-22)25(32)31(24(21)18-8-6-16(26)12-15(18)3)19-13-17(27)7-9-20(19)33-11-10-30(4)5/h6-9,12-14,24H,10-11H2,1-5H3,(H,28,29). The van der Waals surface area contributed by atoms with Crippen molar-refractivity contribution in [3.8, 4) is 5.75 Å². The Morgan fingerprint density at radius 3 is 2.52 bits per heavy atom. The van der Waals surface area contributed by atoms with E-state index in [4.69, 9.17) is 27.9 Å². The van der Waals surface area contributed by atoms with Gasteiger partial charge in [0.2, 0.25) is 0 Å². The molecule has 1 aliphatic heterocycles. The van der Waals surface area contributed by atoms with Gasteiger partial charge in [0.25, 0.3) is 5.91 Å². The van der Waals surface area contributed by atoms with Crippen molar-refractivity contribution in [2.24, 2.45) is 0 Å². The molecule has 6 nitrogen and oxygen atoms in total. The van der Waals surface area contributed by atoms with Gasteiger partial charge in [-0.1, -0.05) is 43.1 Å². The van der Waals surface area contributed by atoms with E-state index in [1.807, 2.05) is 50.2 Å². The number of carbonyl (C=O) groups is 1. The largest absolute Gasteiger partial charge is 0.490 e. The molecule has 1 unspecified atom stereocenters. The minimum Gasteiger partial charge on any atom is -0.490 e. The summed E-state index contributed by atoms with van der Waals surface area (Å²) in [4.78, 5) is 17.5. The molecule has 0 bridgehead atoms. The van der Waals surface area contributed by atoms with E-state index in [0.29, 0.717) is 33.8 Å². The number of likely N-dealkylation sites (N-methyl/N-ethyl adjacent to an activating group) is 1. The molecule has 33 heavy (non-hydrogen) atoms. The van der Waals surface area contributed by atoms with Crippen LogP contribution in [0.4, 0.5) is 5.69 Å². The zero-order valence-electron chi connectivity index (χ0n) is 19.4. The van der Waals surface area contributed by atoms with Crippen LogP contribution in [-0.2, 0) is 0 Å². The van der Waals surface area contributed by atoms with Crippen LogP contribution in [0.3, 0.4) is 0 Å². The Morgan fingerprint density at radius 1 is 1.15 bits per heavy atom. The van der Waals surface area contributed by atoms with E-state index in [-0.39, 0.29) is 17.9 Å². The van der Waals surface area contributed by atoms with Gasteiger partial charge in [-0.2, -0.15) is 5.10 Å². The Balaban J connectivity index is 1.89. The molecule has 0 saturated heterocycles. The Morgan fingerprint density at radius 2 is 1.85 bits per heavy atom. The van der Waals surface area contributed by atoms with Gasteiger partial charge in [0.15, 0.2) is 5.69 Å². The number of H-pyrrole nitrogens is 1. The highest BCUT2D eigenvalue weighted by Crippen LogP contribution is 2.47. The second-order valence-electron chi connectivity index (χ2n) is 8.90. The number of halogens is 2.